The average molecular weight is 493 g/mol. The number of benzene rings is 2. The molecule has 0 unspecified atom stereocenters. The van der Waals surface area contributed by atoms with Crippen LogP contribution in [0.5, 0.6) is 0 Å². The molecule has 0 saturated heterocycles. The largest absolute Gasteiger partial charge is 0.464 e. The monoisotopic (exact) mass is 491 g/mol. The van der Waals surface area contributed by atoms with Crippen molar-refractivity contribution in [1.29, 1.82) is 0 Å². The van der Waals surface area contributed by atoms with Gasteiger partial charge in [0.05, 0.1) is 19.0 Å². The lowest BCUT2D eigenvalue weighted by atomic mass is 9.85. The topological polar surface area (TPSA) is 57.0 Å². The molecule has 0 spiro atoms. The third kappa shape index (κ3) is 4.65. The van der Waals surface area contributed by atoms with Gasteiger partial charge in [0.15, 0.2) is 5.54 Å². The summed E-state index contributed by atoms with van der Waals surface area (Å²) in [6.07, 6.45) is 4.00. The van der Waals surface area contributed by atoms with E-state index < -0.39 is 5.54 Å². The van der Waals surface area contributed by atoms with Gasteiger partial charge in [-0.25, -0.2) is 4.79 Å². The fourth-order valence-electron chi connectivity index (χ4n) is 3.01. The summed E-state index contributed by atoms with van der Waals surface area (Å²) < 4.78 is 7.43. The highest BCUT2D eigenvalue weighted by atomic mass is 79.9. The Labute approximate surface area is 175 Å². The molecule has 1 heterocycles. The van der Waals surface area contributed by atoms with Crippen molar-refractivity contribution >= 4 is 37.8 Å². The zero-order valence-electron chi connectivity index (χ0n) is 14.8. The molecule has 0 aliphatic heterocycles. The Kier molecular flexibility index (Phi) is 6.44. The zero-order chi connectivity index (χ0) is 19.3. The van der Waals surface area contributed by atoms with Gasteiger partial charge in [0.2, 0.25) is 0 Å². The Morgan fingerprint density at radius 2 is 1.37 bits per heavy atom. The Morgan fingerprint density at radius 3 is 1.78 bits per heavy atom. The van der Waals surface area contributed by atoms with Crippen LogP contribution in [-0.4, -0.2) is 27.6 Å². The van der Waals surface area contributed by atoms with Crippen molar-refractivity contribution in [2.45, 2.75) is 25.3 Å². The number of carbonyl (C=O) groups excluding carboxylic acids is 1. The van der Waals surface area contributed by atoms with Gasteiger partial charge < -0.3 is 4.74 Å². The minimum atomic E-state index is -1.07. The highest BCUT2D eigenvalue weighted by molar-refractivity contribution is 9.10. The maximum Gasteiger partial charge on any atom is 0.336 e. The zero-order valence-corrected chi connectivity index (χ0v) is 18.0. The minimum Gasteiger partial charge on any atom is -0.464 e. The summed E-state index contributed by atoms with van der Waals surface area (Å²) in [7, 11) is 0. The van der Waals surface area contributed by atoms with E-state index in [9.17, 15) is 4.79 Å². The molecule has 2 aromatic carbocycles. The van der Waals surface area contributed by atoms with E-state index in [0.29, 0.717) is 19.4 Å². The molecular weight excluding hydrogens is 474 g/mol. The van der Waals surface area contributed by atoms with Crippen molar-refractivity contribution in [2.75, 3.05) is 6.61 Å². The van der Waals surface area contributed by atoms with E-state index in [1.54, 1.807) is 19.3 Å². The number of rotatable bonds is 7. The summed E-state index contributed by atoms with van der Waals surface area (Å²) in [5.41, 5.74) is 0.933. The molecule has 0 atom stereocenters. The van der Waals surface area contributed by atoms with E-state index in [-0.39, 0.29) is 5.97 Å². The van der Waals surface area contributed by atoms with E-state index in [1.807, 2.05) is 48.5 Å². The number of nitrogens with zero attached hydrogens (tertiary/aromatic N) is 3. The number of halogens is 2. The van der Waals surface area contributed by atoms with Crippen LogP contribution in [-0.2, 0) is 27.9 Å². The van der Waals surface area contributed by atoms with Gasteiger partial charge in [0.1, 0.15) is 0 Å². The van der Waals surface area contributed by atoms with Crippen molar-refractivity contribution < 1.29 is 9.53 Å². The summed E-state index contributed by atoms with van der Waals surface area (Å²) in [6.45, 7) is 2.10. The van der Waals surface area contributed by atoms with Crippen LogP contribution in [0.4, 0.5) is 0 Å². The molecular formula is C20H19Br2N3O2. The van der Waals surface area contributed by atoms with Crippen LogP contribution in [0.1, 0.15) is 18.1 Å². The van der Waals surface area contributed by atoms with Gasteiger partial charge in [0, 0.05) is 21.8 Å². The predicted octanol–water partition coefficient (Wildman–Crippen LogP) is 4.55. The van der Waals surface area contributed by atoms with Crippen molar-refractivity contribution in [3.05, 3.63) is 81.0 Å². The third-order valence-electron chi connectivity index (χ3n) is 4.28. The quantitative estimate of drug-likeness (QED) is 0.454. The van der Waals surface area contributed by atoms with Gasteiger partial charge in [-0.3, -0.25) is 0 Å². The van der Waals surface area contributed by atoms with Crippen LogP contribution in [0.2, 0.25) is 0 Å². The molecule has 3 rings (SSSR count). The van der Waals surface area contributed by atoms with Crippen LogP contribution < -0.4 is 0 Å². The highest BCUT2D eigenvalue weighted by Gasteiger charge is 2.44. The van der Waals surface area contributed by atoms with Gasteiger partial charge >= 0.3 is 5.97 Å². The first-order valence-corrected chi connectivity index (χ1v) is 10.1. The molecule has 1 aromatic heterocycles. The summed E-state index contributed by atoms with van der Waals surface area (Å²) in [5.74, 6) is -0.341. The van der Waals surface area contributed by atoms with Crippen molar-refractivity contribution in [1.82, 2.24) is 15.0 Å². The summed E-state index contributed by atoms with van der Waals surface area (Å²) in [4.78, 5) is 14.6. The van der Waals surface area contributed by atoms with Gasteiger partial charge in [-0.15, -0.1) is 0 Å². The lowest BCUT2D eigenvalue weighted by molar-refractivity contribution is -0.155. The number of esters is 1. The maximum absolute atomic E-state index is 13.2. The third-order valence-corrected chi connectivity index (χ3v) is 5.33. The van der Waals surface area contributed by atoms with Gasteiger partial charge in [0.25, 0.3) is 0 Å². The van der Waals surface area contributed by atoms with Crippen molar-refractivity contribution in [3.63, 3.8) is 0 Å². The molecule has 5 nitrogen and oxygen atoms in total. The standard InChI is InChI=1S/C20H19Br2N3O2/c1-2-27-19(26)20(25-23-11-12-24-25,13-15-3-7-17(21)8-4-15)14-16-5-9-18(22)10-6-16/h3-12H,2,13-14H2,1H3. The van der Waals surface area contributed by atoms with Crippen molar-refractivity contribution in [3.8, 4) is 0 Å². The highest BCUT2D eigenvalue weighted by Crippen LogP contribution is 2.29. The number of hydrogen-bond donors (Lipinski definition) is 0. The Bertz CT molecular complexity index is 831. The molecule has 3 aromatic rings. The molecule has 0 N–H and O–H groups in total. The predicted molar refractivity (Wildman–Crippen MR) is 110 cm³/mol. The second-order valence-corrected chi connectivity index (χ2v) is 8.01. The lowest BCUT2D eigenvalue weighted by Gasteiger charge is -2.31. The second kappa shape index (κ2) is 8.80. The molecule has 0 aliphatic carbocycles. The van der Waals surface area contributed by atoms with E-state index in [1.165, 1.54) is 4.80 Å². The molecule has 0 bridgehead atoms. The van der Waals surface area contributed by atoms with Crippen LogP contribution in [0.15, 0.2) is 69.9 Å². The van der Waals surface area contributed by atoms with E-state index in [2.05, 4.69) is 42.1 Å². The summed E-state index contributed by atoms with van der Waals surface area (Å²) >= 11 is 6.90. The smallest absolute Gasteiger partial charge is 0.336 e. The average Bonchev–Trinajstić information content (AvgIpc) is 3.20. The molecule has 7 heteroatoms. The molecule has 27 heavy (non-hydrogen) atoms. The number of aromatic nitrogens is 3. The first-order valence-electron chi connectivity index (χ1n) is 8.56. The summed E-state index contributed by atoms with van der Waals surface area (Å²) in [6, 6.07) is 15.8. The molecule has 140 valence electrons. The van der Waals surface area contributed by atoms with Crippen LogP contribution in [0.25, 0.3) is 0 Å². The maximum atomic E-state index is 13.2. The first-order chi connectivity index (χ1) is 13.0. The second-order valence-electron chi connectivity index (χ2n) is 6.18. The van der Waals surface area contributed by atoms with E-state index in [4.69, 9.17) is 4.74 Å². The summed E-state index contributed by atoms with van der Waals surface area (Å²) in [5, 5.41) is 8.61. The van der Waals surface area contributed by atoms with Crippen LogP contribution in [0, 0.1) is 0 Å². The van der Waals surface area contributed by atoms with E-state index in [0.717, 1.165) is 20.1 Å². The fourth-order valence-corrected chi connectivity index (χ4v) is 3.54. The number of ether oxygens (including phenoxy) is 1. The van der Waals surface area contributed by atoms with E-state index >= 15 is 0 Å². The van der Waals surface area contributed by atoms with Crippen molar-refractivity contribution in [2.24, 2.45) is 0 Å². The minimum absolute atomic E-state index is 0.294. The molecule has 0 fully saturated rings. The molecule has 0 aliphatic rings. The van der Waals surface area contributed by atoms with Gasteiger partial charge in [-0.05, 0) is 42.3 Å². The van der Waals surface area contributed by atoms with Gasteiger partial charge in [-0.1, -0.05) is 56.1 Å². The lowest BCUT2D eigenvalue weighted by Crippen LogP contribution is -2.48. The number of carbonyl (C=O) groups is 1. The Morgan fingerprint density at radius 1 is 0.926 bits per heavy atom. The Balaban J connectivity index is 2.07. The molecule has 0 saturated carbocycles. The molecule has 0 radical (unpaired) electrons. The molecule has 0 amide bonds. The normalized spacial score (nSPS) is 11.4. The van der Waals surface area contributed by atoms with Crippen LogP contribution in [0.3, 0.4) is 0 Å². The fraction of sp³-hybridized carbons (Fsp3) is 0.250. The van der Waals surface area contributed by atoms with Crippen LogP contribution >= 0.6 is 31.9 Å². The van der Waals surface area contributed by atoms with Gasteiger partial charge in [-0.2, -0.15) is 15.0 Å². The number of hydrogen-bond acceptors (Lipinski definition) is 4. The first kappa shape index (κ1) is 19.8. The SMILES string of the molecule is CCOC(=O)C(Cc1ccc(Br)cc1)(Cc1ccc(Br)cc1)n1nccn1. The Hall–Kier alpha value is -1.99.